The molecule has 3 unspecified atom stereocenters. The molecule has 0 aliphatic heterocycles. The van der Waals surface area contributed by atoms with Crippen molar-refractivity contribution in [1.82, 2.24) is 5.32 Å². The van der Waals surface area contributed by atoms with E-state index in [1.807, 2.05) is 27.2 Å². The van der Waals surface area contributed by atoms with Gasteiger partial charge in [-0.1, -0.05) is 243 Å². The normalized spacial score (nSPS) is 14.9. The smallest absolute Gasteiger partial charge is 0.268 e. The van der Waals surface area contributed by atoms with Gasteiger partial charge in [-0.05, 0) is 109 Å². The number of nitrogens with one attached hydrogen (secondary N) is 1. The first-order valence-electron chi connectivity index (χ1n) is 29.7. The number of hydrogen-bond donors (Lipinski definition) is 2. The van der Waals surface area contributed by atoms with Gasteiger partial charge in [0.2, 0.25) is 5.91 Å². The molecule has 8 nitrogen and oxygen atoms in total. The monoisotopic (exact) mass is 1060 g/mol. The van der Waals surface area contributed by atoms with Gasteiger partial charge in [-0.2, -0.15) is 0 Å². The maximum atomic E-state index is 12.9. The van der Waals surface area contributed by atoms with Crippen LogP contribution in [0.1, 0.15) is 213 Å². The van der Waals surface area contributed by atoms with Gasteiger partial charge in [-0.3, -0.25) is 9.36 Å². The molecule has 0 radical (unpaired) electrons. The van der Waals surface area contributed by atoms with Crippen LogP contribution in [0.4, 0.5) is 0 Å². The van der Waals surface area contributed by atoms with Crippen LogP contribution in [0.2, 0.25) is 0 Å². The predicted octanol–water partition coefficient (Wildman–Crippen LogP) is 17.8. The number of hydrogen-bond acceptors (Lipinski definition) is 6. The number of phosphoric ester groups is 1. The maximum Gasteiger partial charge on any atom is 0.268 e. The Labute approximate surface area is 461 Å². The van der Waals surface area contributed by atoms with E-state index >= 15 is 0 Å². The van der Waals surface area contributed by atoms with E-state index in [0.717, 1.165) is 109 Å². The average molecular weight is 1060 g/mol. The van der Waals surface area contributed by atoms with E-state index in [4.69, 9.17) is 9.05 Å². The van der Waals surface area contributed by atoms with Crippen LogP contribution in [0.5, 0.6) is 0 Å². The molecule has 0 spiro atoms. The minimum atomic E-state index is -4.61. The summed E-state index contributed by atoms with van der Waals surface area (Å²) in [5, 5.41) is 13.8. The second-order valence-corrected chi connectivity index (χ2v) is 22.0. The van der Waals surface area contributed by atoms with Crippen LogP contribution in [0.25, 0.3) is 0 Å². The molecule has 0 aliphatic carbocycles. The minimum Gasteiger partial charge on any atom is -0.756 e. The van der Waals surface area contributed by atoms with E-state index in [1.165, 1.54) is 83.5 Å². The van der Waals surface area contributed by atoms with Gasteiger partial charge < -0.3 is 28.8 Å². The highest BCUT2D eigenvalue weighted by Gasteiger charge is 2.23. The van der Waals surface area contributed by atoms with Crippen LogP contribution in [-0.2, 0) is 18.4 Å². The summed E-state index contributed by atoms with van der Waals surface area (Å²) in [5.74, 6) is -0.220. The standard InChI is InChI=1S/C66H111N2O6P/c1-6-8-10-12-14-16-18-20-21-22-23-24-25-26-27-28-29-30-31-32-33-34-35-36-37-38-39-40-41-42-43-44-45-46-47-48-50-52-54-56-58-60-66(70)67-64(63-74-75(71,72)73-62-61-68(3,4)5)65(69)59-57-55-53-51-49-19-17-15-13-11-9-7-2/h8,10,13-16,20-21,23-24,26-27,29-30,32-33,35-36,38-39,49,51,57,59,64-65,69H,6-7,9,11-12,17-19,22,25,28,31,34,37,40-48,50,52-56,58,60-63H2,1-5H3,(H-,67,70,71,72)/b10-8-,15-13+,16-14-,21-20-,24-23-,27-26-,30-29-,33-32-,36-35-,39-38-,51-49+,59-57+. The lowest BCUT2D eigenvalue weighted by Crippen LogP contribution is -2.45. The summed E-state index contributed by atoms with van der Waals surface area (Å²) < 4.78 is 23.2. The van der Waals surface area contributed by atoms with Gasteiger partial charge >= 0.3 is 0 Å². The van der Waals surface area contributed by atoms with E-state index in [-0.39, 0.29) is 12.5 Å². The Morgan fingerprint density at radius 1 is 0.480 bits per heavy atom. The fourth-order valence-corrected chi connectivity index (χ4v) is 8.36. The first kappa shape index (κ1) is 71.4. The zero-order valence-electron chi connectivity index (χ0n) is 48.4. The summed E-state index contributed by atoms with van der Waals surface area (Å²) in [4.78, 5) is 25.4. The number of carbonyl (C=O) groups excluding carboxylic acids is 1. The number of aliphatic hydroxyl groups excluding tert-OH is 1. The molecule has 0 aromatic carbocycles. The van der Waals surface area contributed by atoms with Gasteiger partial charge in [0.05, 0.1) is 39.9 Å². The average Bonchev–Trinajstić information content (AvgIpc) is 3.37. The molecule has 426 valence electrons. The Balaban J connectivity index is 4.04. The second kappa shape index (κ2) is 55.1. The van der Waals surface area contributed by atoms with Crippen LogP contribution in [0, 0.1) is 0 Å². The topological polar surface area (TPSA) is 108 Å². The quantitative estimate of drug-likeness (QED) is 0.0272. The third-order valence-electron chi connectivity index (χ3n) is 12.3. The van der Waals surface area contributed by atoms with E-state index < -0.39 is 26.6 Å². The molecule has 1 amide bonds. The van der Waals surface area contributed by atoms with Gasteiger partial charge in [-0.25, -0.2) is 0 Å². The molecule has 75 heavy (non-hydrogen) atoms. The molecular weight excluding hydrogens is 948 g/mol. The van der Waals surface area contributed by atoms with Crippen molar-refractivity contribution in [2.75, 3.05) is 40.9 Å². The Morgan fingerprint density at radius 3 is 1.24 bits per heavy atom. The van der Waals surface area contributed by atoms with Crippen molar-refractivity contribution >= 4 is 13.7 Å². The van der Waals surface area contributed by atoms with Crippen molar-refractivity contribution < 1.29 is 32.9 Å². The van der Waals surface area contributed by atoms with Crippen LogP contribution in [0.3, 0.4) is 0 Å². The van der Waals surface area contributed by atoms with Crippen LogP contribution < -0.4 is 10.2 Å². The second-order valence-electron chi connectivity index (χ2n) is 20.6. The summed E-state index contributed by atoms with van der Waals surface area (Å²) in [5.41, 5.74) is 0. The largest absolute Gasteiger partial charge is 0.756 e. The fourth-order valence-electron chi connectivity index (χ4n) is 7.63. The van der Waals surface area contributed by atoms with Crippen molar-refractivity contribution in [2.24, 2.45) is 0 Å². The number of unbranched alkanes of at least 4 members (excludes halogenated alkanes) is 17. The number of amides is 1. The highest BCUT2D eigenvalue weighted by molar-refractivity contribution is 7.45. The molecule has 3 atom stereocenters. The van der Waals surface area contributed by atoms with E-state index in [9.17, 15) is 19.4 Å². The highest BCUT2D eigenvalue weighted by atomic mass is 31.2. The Bertz CT molecular complexity index is 1720. The molecule has 0 aliphatic rings. The number of phosphoric acid groups is 1. The number of rotatable bonds is 52. The lowest BCUT2D eigenvalue weighted by molar-refractivity contribution is -0.870. The van der Waals surface area contributed by atoms with Crippen LogP contribution in [-0.4, -0.2) is 68.5 Å². The summed E-state index contributed by atoms with van der Waals surface area (Å²) in [6.45, 7) is 4.43. The third kappa shape index (κ3) is 57.9. The fraction of sp³-hybridized carbons (Fsp3) is 0.621. The lowest BCUT2D eigenvalue weighted by Gasteiger charge is -2.29. The van der Waals surface area contributed by atoms with Gasteiger partial charge in [0, 0.05) is 6.42 Å². The molecule has 0 bridgehead atoms. The maximum absolute atomic E-state index is 12.9. The lowest BCUT2D eigenvalue weighted by atomic mass is 10.0. The zero-order valence-corrected chi connectivity index (χ0v) is 49.3. The molecule has 2 N–H and O–H groups in total. The van der Waals surface area contributed by atoms with Crippen LogP contribution >= 0.6 is 7.82 Å². The van der Waals surface area contributed by atoms with Gasteiger partial charge in [0.25, 0.3) is 7.82 Å². The summed E-state index contributed by atoms with van der Waals surface area (Å²) >= 11 is 0. The minimum absolute atomic E-state index is 0.0155. The zero-order chi connectivity index (χ0) is 54.9. The summed E-state index contributed by atoms with van der Waals surface area (Å²) in [7, 11) is 1.22. The summed E-state index contributed by atoms with van der Waals surface area (Å²) in [6, 6.07) is -0.918. The van der Waals surface area contributed by atoms with E-state index in [1.54, 1.807) is 6.08 Å². The van der Waals surface area contributed by atoms with Crippen LogP contribution in [0.15, 0.2) is 146 Å². The Hall–Kier alpha value is -3.62. The number of likely N-dealkylation sites (N-methyl/N-ethyl adjacent to an activating group) is 1. The summed E-state index contributed by atoms with van der Waals surface area (Å²) in [6.07, 6.45) is 85.2. The molecule has 0 rings (SSSR count). The van der Waals surface area contributed by atoms with Crippen molar-refractivity contribution in [3.05, 3.63) is 146 Å². The molecule has 0 fully saturated rings. The first-order chi connectivity index (χ1) is 36.5. The van der Waals surface area contributed by atoms with Crippen molar-refractivity contribution in [2.45, 2.75) is 225 Å². The first-order valence-corrected chi connectivity index (χ1v) is 31.2. The molecule has 0 heterocycles. The molecule has 0 aromatic rings. The van der Waals surface area contributed by atoms with Crippen molar-refractivity contribution in [3.8, 4) is 0 Å². The predicted molar refractivity (Wildman–Crippen MR) is 325 cm³/mol. The SMILES string of the molecule is CC/C=C\C/C=C\C/C=C\C/C=C\C/C=C\C/C=C\C/C=C\C/C=C\C/C=C\CCCCCCCCCCCCCCCC(=O)NC(COP(=O)([O-])OCC[N+](C)(C)C)C(O)/C=C/CC/C=C/CC/C=C/CCCC. The molecule has 0 saturated carbocycles. The van der Waals surface area contributed by atoms with Gasteiger partial charge in [0.15, 0.2) is 0 Å². The van der Waals surface area contributed by atoms with E-state index in [0.29, 0.717) is 17.4 Å². The molecule has 0 saturated heterocycles. The number of allylic oxidation sites excluding steroid dienone is 23. The van der Waals surface area contributed by atoms with E-state index in [2.05, 4.69) is 153 Å². The van der Waals surface area contributed by atoms with Gasteiger partial charge in [-0.15, -0.1) is 0 Å². The van der Waals surface area contributed by atoms with Crippen molar-refractivity contribution in [1.29, 1.82) is 0 Å². The molecule has 0 aromatic heterocycles. The van der Waals surface area contributed by atoms with Crippen molar-refractivity contribution in [3.63, 3.8) is 0 Å². The number of aliphatic hydroxyl groups is 1. The molecule has 9 heteroatoms. The Morgan fingerprint density at radius 2 is 0.827 bits per heavy atom. The molecular formula is C66H111N2O6P. The number of quaternary nitrogens is 1. The number of nitrogens with zero attached hydrogens (tertiary/aromatic N) is 1. The number of carbonyl (C=O) groups is 1. The third-order valence-corrected chi connectivity index (χ3v) is 13.2. The Kier molecular flexibility index (Phi) is 52.5. The van der Waals surface area contributed by atoms with Gasteiger partial charge in [0.1, 0.15) is 13.2 Å². The highest BCUT2D eigenvalue weighted by Crippen LogP contribution is 2.38.